The van der Waals surface area contributed by atoms with Crippen molar-refractivity contribution in [2.45, 2.75) is 89.9 Å². The number of carbonyl (C=O) groups is 1. The van der Waals surface area contributed by atoms with Crippen molar-refractivity contribution in [1.82, 2.24) is 6.15 Å². The first kappa shape index (κ1) is 23.6. The third-order valence-corrected chi connectivity index (χ3v) is 4.79. The molecule has 0 rings (SSSR count). The van der Waals surface area contributed by atoms with Gasteiger partial charge in [-0.15, -0.1) is 0 Å². The average Bonchev–Trinajstić information content (AvgIpc) is 2.44. The molecule has 0 aliphatic carbocycles. The second-order valence-electron chi connectivity index (χ2n) is 5.39. The Morgan fingerprint density at radius 2 is 1.41 bits per heavy atom. The number of carbonyl (C=O) groups excluding carboxylic acids is 1. The van der Waals surface area contributed by atoms with Gasteiger partial charge < -0.3 is 15.4 Å². The predicted molar refractivity (Wildman–Crippen MR) is 88.2 cm³/mol. The van der Waals surface area contributed by atoms with Gasteiger partial charge in [0.25, 0.3) is 0 Å². The van der Waals surface area contributed by atoms with Gasteiger partial charge in [0.1, 0.15) is 0 Å². The molecular formula is C15H33NO5S. The lowest BCUT2D eigenvalue weighted by Gasteiger charge is -2.09. The number of hydrogen-bond acceptors (Lipinski definition) is 6. The fraction of sp³-hybridized carbons (Fsp3) is 0.933. The van der Waals surface area contributed by atoms with E-state index in [1.54, 1.807) is 0 Å². The molecule has 134 valence electrons. The van der Waals surface area contributed by atoms with Crippen LogP contribution in [0.4, 0.5) is 0 Å². The van der Waals surface area contributed by atoms with E-state index in [1.165, 1.54) is 39.0 Å². The van der Waals surface area contributed by atoms with Crippen molar-refractivity contribution in [3.05, 3.63) is 0 Å². The minimum absolute atomic E-state index is 0. The van der Waals surface area contributed by atoms with E-state index in [4.69, 9.17) is 0 Å². The summed E-state index contributed by atoms with van der Waals surface area (Å²) in [6, 6.07) is 0. The third kappa shape index (κ3) is 11.9. The molecule has 0 amide bonds. The predicted octanol–water partition coefficient (Wildman–Crippen LogP) is 3.67. The normalized spacial score (nSPS) is 12.5. The second kappa shape index (κ2) is 14.0. The van der Waals surface area contributed by atoms with Gasteiger partial charge in [-0.05, 0) is 12.8 Å². The fourth-order valence-corrected chi connectivity index (χ4v) is 2.87. The Hall–Kier alpha value is -0.660. The summed E-state index contributed by atoms with van der Waals surface area (Å²) in [5, 5.41) is 9.20. The third-order valence-electron chi connectivity index (χ3n) is 3.38. The van der Waals surface area contributed by atoms with Crippen molar-refractivity contribution < 1.29 is 22.5 Å². The lowest BCUT2D eigenvalue weighted by molar-refractivity contribution is -0.134. The Bertz CT molecular complexity index is 370. The Morgan fingerprint density at radius 3 is 1.86 bits per heavy atom. The maximum atomic E-state index is 11.4. The van der Waals surface area contributed by atoms with E-state index >= 15 is 0 Å². The van der Waals surface area contributed by atoms with Gasteiger partial charge >= 0.3 is 16.1 Å². The topological polar surface area (TPSA) is 116 Å². The van der Waals surface area contributed by atoms with Crippen molar-refractivity contribution >= 4 is 16.1 Å². The summed E-state index contributed by atoms with van der Waals surface area (Å²) in [6.45, 7) is 3.70. The monoisotopic (exact) mass is 339 g/mol. The fourth-order valence-electron chi connectivity index (χ4n) is 2.01. The molecule has 0 spiro atoms. The summed E-state index contributed by atoms with van der Waals surface area (Å²) in [5.41, 5.74) is -1.62. The summed E-state index contributed by atoms with van der Waals surface area (Å²) in [4.78, 5) is 11.4. The van der Waals surface area contributed by atoms with Crippen LogP contribution in [-0.2, 0) is 19.1 Å². The van der Waals surface area contributed by atoms with E-state index < -0.39 is 21.5 Å². The number of hydrogen-bond donors (Lipinski definition) is 2. The molecule has 6 nitrogen and oxygen atoms in total. The Morgan fingerprint density at radius 1 is 0.955 bits per heavy atom. The van der Waals surface area contributed by atoms with Gasteiger partial charge in [0.15, 0.2) is 5.44 Å². The number of rotatable bonds is 13. The highest BCUT2D eigenvalue weighted by Crippen LogP contribution is 2.12. The van der Waals surface area contributed by atoms with E-state index in [0.717, 1.165) is 19.3 Å². The van der Waals surface area contributed by atoms with Crippen LogP contribution in [0.1, 0.15) is 84.5 Å². The molecule has 0 aromatic rings. The van der Waals surface area contributed by atoms with Crippen molar-refractivity contribution in [2.24, 2.45) is 0 Å². The van der Waals surface area contributed by atoms with Crippen LogP contribution in [0.5, 0.6) is 0 Å². The Labute approximate surface area is 135 Å². The Balaban J connectivity index is 0. The Kier molecular flexibility index (Phi) is 15.0. The molecule has 0 radical (unpaired) electrons. The summed E-state index contributed by atoms with van der Waals surface area (Å²) in [7, 11) is -4.16. The zero-order valence-corrected chi connectivity index (χ0v) is 14.9. The maximum Gasteiger partial charge on any atom is 0.338 e. The smallest absolute Gasteiger partial charge is 0.338 e. The van der Waals surface area contributed by atoms with Gasteiger partial charge in [0.2, 0.25) is 0 Å². The van der Waals surface area contributed by atoms with Crippen LogP contribution in [0.3, 0.4) is 0 Å². The lowest BCUT2D eigenvalue weighted by atomic mass is 10.1. The van der Waals surface area contributed by atoms with E-state index in [2.05, 4.69) is 11.1 Å². The largest absolute Gasteiger partial charge is 0.374 e. The zero-order valence-electron chi connectivity index (χ0n) is 14.1. The van der Waals surface area contributed by atoms with E-state index in [9.17, 15) is 18.3 Å². The summed E-state index contributed by atoms with van der Waals surface area (Å²) in [5.74, 6) is -0.773. The number of aliphatic hydroxyl groups excluding tert-OH is 1. The summed E-state index contributed by atoms with van der Waals surface area (Å²) >= 11 is 0. The highest BCUT2D eigenvalue weighted by Gasteiger charge is 2.25. The highest BCUT2D eigenvalue weighted by atomic mass is 32.2. The van der Waals surface area contributed by atoms with Crippen molar-refractivity contribution in [2.75, 3.05) is 0 Å². The lowest BCUT2D eigenvalue weighted by Crippen LogP contribution is -2.25. The van der Waals surface area contributed by atoms with Gasteiger partial charge in [-0.3, -0.25) is 4.79 Å². The van der Waals surface area contributed by atoms with Crippen molar-refractivity contribution in [1.29, 1.82) is 0 Å². The van der Waals surface area contributed by atoms with Crippen LogP contribution >= 0.6 is 0 Å². The van der Waals surface area contributed by atoms with Crippen LogP contribution in [0.25, 0.3) is 0 Å². The molecule has 0 bridgehead atoms. The number of unbranched alkanes of at least 4 members (excludes halogenated alkanes) is 8. The second-order valence-corrected chi connectivity index (χ2v) is 7.09. The van der Waals surface area contributed by atoms with Crippen LogP contribution in [0.15, 0.2) is 0 Å². The quantitative estimate of drug-likeness (QED) is 0.390. The SMILES string of the molecule is CCCCCCCCCCCC(=O)OS(=O)(=O)C(O)CC.N. The van der Waals surface area contributed by atoms with Gasteiger partial charge in [-0.1, -0.05) is 65.2 Å². The first-order valence-electron chi connectivity index (χ1n) is 8.08. The molecule has 0 heterocycles. The maximum absolute atomic E-state index is 11.4. The minimum Gasteiger partial charge on any atom is -0.374 e. The van der Waals surface area contributed by atoms with E-state index in [-0.39, 0.29) is 19.0 Å². The molecule has 0 fully saturated rings. The van der Waals surface area contributed by atoms with Gasteiger partial charge in [-0.25, -0.2) is 0 Å². The van der Waals surface area contributed by atoms with Crippen molar-refractivity contribution in [3.63, 3.8) is 0 Å². The average molecular weight is 339 g/mol. The standard InChI is InChI=1S/C15H30O5S.H3N/c1-3-5-6-7-8-9-10-11-12-13-14(16)20-21(18,19)15(17)4-2;/h15,17H,3-13H2,1-2H3;1H3. The van der Waals surface area contributed by atoms with Crippen LogP contribution in [0, 0.1) is 0 Å². The molecule has 1 atom stereocenters. The molecule has 0 aromatic carbocycles. The van der Waals surface area contributed by atoms with Gasteiger partial charge in [-0.2, -0.15) is 8.42 Å². The molecule has 22 heavy (non-hydrogen) atoms. The van der Waals surface area contributed by atoms with E-state index in [1.807, 2.05) is 0 Å². The van der Waals surface area contributed by atoms with Crippen LogP contribution in [-0.4, -0.2) is 24.9 Å². The van der Waals surface area contributed by atoms with Crippen LogP contribution in [0.2, 0.25) is 0 Å². The minimum atomic E-state index is -4.16. The summed E-state index contributed by atoms with van der Waals surface area (Å²) in [6.07, 6.45) is 10.2. The van der Waals surface area contributed by atoms with E-state index in [0.29, 0.717) is 6.42 Å². The molecule has 1 unspecified atom stereocenters. The molecule has 0 aliphatic rings. The van der Waals surface area contributed by atoms with Crippen LogP contribution < -0.4 is 6.15 Å². The molecule has 0 saturated carbocycles. The first-order valence-corrected chi connectivity index (χ1v) is 9.55. The van der Waals surface area contributed by atoms with Crippen molar-refractivity contribution in [3.8, 4) is 0 Å². The molecule has 7 heteroatoms. The van der Waals surface area contributed by atoms with Gasteiger partial charge in [0.05, 0.1) is 0 Å². The first-order chi connectivity index (χ1) is 9.94. The molecular weight excluding hydrogens is 306 g/mol. The molecule has 0 aliphatic heterocycles. The highest BCUT2D eigenvalue weighted by molar-refractivity contribution is 7.87. The molecule has 0 saturated heterocycles. The summed E-state index contributed by atoms with van der Waals surface area (Å²) < 4.78 is 27.0. The zero-order chi connectivity index (χ0) is 16.1. The molecule has 0 aromatic heterocycles. The number of aliphatic hydroxyl groups is 1. The van der Waals surface area contributed by atoms with Gasteiger partial charge in [0, 0.05) is 6.42 Å². The molecule has 4 N–H and O–H groups in total.